The molecule has 0 radical (unpaired) electrons. The molecule has 1 amide bonds. The van der Waals surface area contributed by atoms with Crippen LogP contribution >= 0.6 is 0 Å². The van der Waals surface area contributed by atoms with Crippen molar-refractivity contribution in [2.75, 3.05) is 12.4 Å². The summed E-state index contributed by atoms with van der Waals surface area (Å²) in [5, 5.41) is 9.93. The fourth-order valence-electron chi connectivity index (χ4n) is 1.29. The van der Waals surface area contributed by atoms with Crippen LogP contribution in [0.5, 0.6) is 5.75 Å². The van der Waals surface area contributed by atoms with Gasteiger partial charge in [-0.15, -0.1) is 10.2 Å². The van der Waals surface area contributed by atoms with Crippen molar-refractivity contribution < 1.29 is 9.53 Å². The first kappa shape index (κ1) is 11.7. The summed E-state index contributed by atoms with van der Waals surface area (Å²) in [6.45, 7) is 0. The summed E-state index contributed by atoms with van der Waals surface area (Å²) in [5.74, 6) is 0.358. The summed E-state index contributed by atoms with van der Waals surface area (Å²) >= 11 is 0. The van der Waals surface area contributed by atoms with Gasteiger partial charge in [0.25, 0.3) is 5.91 Å². The van der Waals surface area contributed by atoms with Crippen LogP contribution in [0.25, 0.3) is 0 Å². The van der Waals surface area contributed by atoms with E-state index in [-0.39, 0.29) is 11.5 Å². The predicted molar refractivity (Wildman–Crippen MR) is 62.4 cm³/mol. The summed E-state index contributed by atoms with van der Waals surface area (Å²) in [6, 6.07) is 3.44. The Morgan fingerprint density at radius 3 is 2.94 bits per heavy atom. The average Bonchev–Trinajstić information content (AvgIpc) is 2.40. The molecule has 2 aromatic heterocycles. The van der Waals surface area contributed by atoms with Crippen molar-refractivity contribution in [2.45, 2.75) is 0 Å². The van der Waals surface area contributed by atoms with Gasteiger partial charge >= 0.3 is 0 Å². The van der Waals surface area contributed by atoms with Crippen LogP contribution < -0.4 is 15.8 Å². The van der Waals surface area contributed by atoms with E-state index in [0.717, 1.165) is 0 Å². The van der Waals surface area contributed by atoms with Gasteiger partial charge < -0.3 is 15.8 Å². The molecule has 18 heavy (non-hydrogen) atoms. The van der Waals surface area contributed by atoms with Gasteiger partial charge in [-0.1, -0.05) is 0 Å². The van der Waals surface area contributed by atoms with Gasteiger partial charge in [0.2, 0.25) is 0 Å². The molecule has 0 unspecified atom stereocenters. The lowest BCUT2D eigenvalue weighted by Gasteiger charge is -2.09. The van der Waals surface area contributed by atoms with Crippen molar-refractivity contribution in [1.82, 2.24) is 20.2 Å². The van der Waals surface area contributed by atoms with E-state index < -0.39 is 5.91 Å². The number of nitrogens with one attached hydrogen (secondary N) is 1. The molecule has 0 fully saturated rings. The lowest BCUT2D eigenvalue weighted by Crippen LogP contribution is -2.17. The van der Waals surface area contributed by atoms with Crippen LogP contribution in [0.3, 0.4) is 0 Å². The summed E-state index contributed by atoms with van der Waals surface area (Å²) in [5.41, 5.74) is 5.10. The van der Waals surface area contributed by atoms with Gasteiger partial charge in [0.15, 0.2) is 23.1 Å². The van der Waals surface area contributed by atoms with E-state index >= 15 is 0 Å². The van der Waals surface area contributed by atoms with Gasteiger partial charge in [-0.2, -0.15) is 0 Å². The number of methoxy groups -OCH3 is 1. The van der Waals surface area contributed by atoms with Gasteiger partial charge in [-0.3, -0.25) is 4.79 Å². The highest BCUT2D eigenvalue weighted by atomic mass is 16.5. The van der Waals surface area contributed by atoms with Gasteiger partial charge in [0, 0.05) is 6.20 Å². The molecule has 0 aliphatic carbocycles. The van der Waals surface area contributed by atoms with E-state index in [4.69, 9.17) is 10.5 Å². The number of carbonyl (C=O) groups is 1. The number of hydrogen-bond acceptors (Lipinski definition) is 7. The number of nitrogens with two attached hydrogens (primary N) is 1. The number of rotatable bonds is 4. The zero-order valence-electron chi connectivity index (χ0n) is 9.49. The Morgan fingerprint density at radius 1 is 1.39 bits per heavy atom. The number of aromatic nitrogens is 4. The molecule has 2 rings (SSSR count). The molecule has 92 valence electrons. The zero-order valence-corrected chi connectivity index (χ0v) is 9.49. The highest BCUT2D eigenvalue weighted by Crippen LogP contribution is 2.23. The molecule has 8 nitrogen and oxygen atoms in total. The van der Waals surface area contributed by atoms with E-state index in [1.165, 1.54) is 13.4 Å². The minimum Gasteiger partial charge on any atom is -0.493 e. The number of primary amides is 1. The number of hydrogen-bond donors (Lipinski definition) is 2. The van der Waals surface area contributed by atoms with Gasteiger partial charge in [-0.05, 0) is 12.1 Å². The molecule has 0 saturated carbocycles. The predicted octanol–water partition coefficient (Wildman–Crippen LogP) is 0.118. The lowest BCUT2D eigenvalue weighted by atomic mass is 10.3. The Balaban J connectivity index is 2.37. The number of carbonyl (C=O) groups excluding carboxylic acids is 1. The monoisotopic (exact) mass is 246 g/mol. The van der Waals surface area contributed by atoms with E-state index in [1.54, 1.807) is 18.3 Å². The maximum absolute atomic E-state index is 11.2. The molecule has 0 aliphatic heterocycles. The maximum Gasteiger partial charge on any atom is 0.273 e. The largest absolute Gasteiger partial charge is 0.493 e. The van der Waals surface area contributed by atoms with Crippen LogP contribution in [0.1, 0.15) is 10.5 Å². The average molecular weight is 246 g/mol. The third-order valence-corrected chi connectivity index (χ3v) is 2.08. The SMILES string of the molecule is COc1cccnc1Nc1ncnnc1C(N)=O. The fourth-order valence-corrected chi connectivity index (χ4v) is 1.29. The third-order valence-electron chi connectivity index (χ3n) is 2.08. The second-order valence-corrected chi connectivity index (χ2v) is 3.20. The highest BCUT2D eigenvalue weighted by molar-refractivity contribution is 5.95. The maximum atomic E-state index is 11.2. The molecule has 0 spiro atoms. The van der Waals surface area contributed by atoms with Crippen LogP contribution in [0, 0.1) is 0 Å². The van der Waals surface area contributed by atoms with Crippen molar-refractivity contribution in [1.29, 1.82) is 0 Å². The van der Waals surface area contributed by atoms with E-state index in [0.29, 0.717) is 11.6 Å². The second kappa shape index (κ2) is 5.04. The van der Waals surface area contributed by atoms with Crippen LogP contribution in [0.15, 0.2) is 24.7 Å². The molecule has 8 heteroatoms. The Labute approximate surface area is 102 Å². The van der Waals surface area contributed by atoms with Crippen LogP contribution in [0.2, 0.25) is 0 Å². The fraction of sp³-hybridized carbons (Fsp3) is 0.100. The van der Waals surface area contributed by atoms with Gasteiger partial charge in [0.1, 0.15) is 6.33 Å². The number of ether oxygens (including phenoxy) is 1. The molecular weight excluding hydrogens is 236 g/mol. The molecule has 3 N–H and O–H groups in total. The first-order valence-corrected chi connectivity index (χ1v) is 4.96. The summed E-state index contributed by atoms with van der Waals surface area (Å²) in [7, 11) is 1.51. The molecular formula is C10H10N6O2. The van der Waals surface area contributed by atoms with Gasteiger partial charge in [0.05, 0.1) is 7.11 Å². The highest BCUT2D eigenvalue weighted by Gasteiger charge is 2.14. The Kier molecular flexibility index (Phi) is 3.28. The molecule has 2 aromatic rings. The van der Waals surface area contributed by atoms with Crippen molar-refractivity contribution in [3.63, 3.8) is 0 Å². The minimum absolute atomic E-state index is 0.0646. The van der Waals surface area contributed by atoms with E-state index in [1.807, 2.05) is 0 Å². The standard InChI is InChI=1S/C10H10N6O2/c1-18-6-3-2-4-12-9(6)15-10-7(8(11)17)16-14-5-13-10/h2-5H,1H3,(H2,11,17)(H,12,13,14,15). The van der Waals surface area contributed by atoms with Crippen molar-refractivity contribution >= 4 is 17.5 Å². The quantitative estimate of drug-likeness (QED) is 0.786. The molecule has 0 aromatic carbocycles. The molecule has 2 heterocycles. The molecule has 0 atom stereocenters. The Morgan fingerprint density at radius 2 is 2.22 bits per heavy atom. The van der Waals surface area contributed by atoms with Crippen LogP contribution in [-0.4, -0.2) is 33.2 Å². The normalized spacial score (nSPS) is 9.83. The number of anilines is 2. The summed E-state index contributed by atoms with van der Waals surface area (Å²) in [6.07, 6.45) is 2.77. The third kappa shape index (κ3) is 2.32. The smallest absolute Gasteiger partial charge is 0.273 e. The van der Waals surface area contributed by atoms with Crippen molar-refractivity contribution in [3.8, 4) is 5.75 Å². The molecule has 0 saturated heterocycles. The first-order chi connectivity index (χ1) is 8.72. The zero-order chi connectivity index (χ0) is 13.0. The summed E-state index contributed by atoms with van der Waals surface area (Å²) in [4.78, 5) is 19.1. The number of nitrogens with zero attached hydrogens (tertiary/aromatic N) is 4. The summed E-state index contributed by atoms with van der Waals surface area (Å²) < 4.78 is 5.11. The molecule has 0 aliphatic rings. The second-order valence-electron chi connectivity index (χ2n) is 3.20. The topological polar surface area (TPSA) is 116 Å². The van der Waals surface area contributed by atoms with Crippen LogP contribution in [0.4, 0.5) is 11.6 Å². The van der Waals surface area contributed by atoms with E-state index in [2.05, 4.69) is 25.5 Å². The number of amides is 1. The van der Waals surface area contributed by atoms with Crippen molar-refractivity contribution in [3.05, 3.63) is 30.4 Å². The first-order valence-electron chi connectivity index (χ1n) is 4.96. The van der Waals surface area contributed by atoms with E-state index in [9.17, 15) is 4.79 Å². The minimum atomic E-state index is -0.729. The lowest BCUT2D eigenvalue weighted by molar-refractivity contribution is 0.0995. The van der Waals surface area contributed by atoms with Crippen LogP contribution in [-0.2, 0) is 0 Å². The molecule has 0 bridgehead atoms. The Bertz CT molecular complexity index is 574. The van der Waals surface area contributed by atoms with Gasteiger partial charge in [-0.25, -0.2) is 9.97 Å². The Hall–Kier alpha value is -2.77. The van der Waals surface area contributed by atoms with Crippen molar-refractivity contribution in [2.24, 2.45) is 5.73 Å². The number of pyridine rings is 1.